The number of aromatic nitrogens is 2. The third-order valence-electron chi connectivity index (χ3n) is 3.87. The maximum absolute atomic E-state index is 12.6. The number of aromatic amines is 1. The molecule has 2 aromatic heterocycles. The van der Waals surface area contributed by atoms with Crippen LogP contribution in [0.5, 0.6) is 0 Å². The predicted octanol–water partition coefficient (Wildman–Crippen LogP) is 3.38. The zero-order chi connectivity index (χ0) is 18.7. The number of nitrogens with one attached hydrogen (secondary N) is 1. The van der Waals surface area contributed by atoms with Gasteiger partial charge in [0.2, 0.25) is 5.78 Å². The van der Waals surface area contributed by atoms with E-state index < -0.39 is 12.1 Å². The Morgan fingerprint density at radius 2 is 1.96 bits per heavy atom. The van der Waals surface area contributed by atoms with E-state index in [1.54, 1.807) is 32.2 Å². The van der Waals surface area contributed by atoms with Gasteiger partial charge in [0.05, 0.1) is 11.3 Å². The molecule has 0 amide bonds. The van der Waals surface area contributed by atoms with Gasteiger partial charge in [-0.15, -0.1) is 11.8 Å². The number of aryl methyl sites for hydroxylation is 1. The lowest BCUT2D eigenvalue weighted by Crippen LogP contribution is -2.25. The summed E-state index contributed by atoms with van der Waals surface area (Å²) in [7, 11) is 0. The van der Waals surface area contributed by atoms with E-state index in [9.17, 15) is 14.4 Å². The molecule has 0 spiro atoms. The molecule has 1 atom stereocenters. The zero-order valence-corrected chi connectivity index (χ0v) is 15.6. The Hall–Kier alpha value is -2.41. The quantitative estimate of drug-likeness (QED) is 0.483. The van der Waals surface area contributed by atoms with Crippen molar-refractivity contribution in [2.75, 3.05) is 6.26 Å². The Balaban J connectivity index is 2.22. The fourth-order valence-corrected chi connectivity index (χ4v) is 3.25. The number of hydrogen-bond acceptors (Lipinski definition) is 6. The molecule has 1 unspecified atom stereocenters. The highest BCUT2D eigenvalue weighted by Crippen LogP contribution is 2.22. The second-order valence-electron chi connectivity index (χ2n) is 5.65. The van der Waals surface area contributed by atoms with Crippen molar-refractivity contribution < 1.29 is 19.1 Å². The highest BCUT2D eigenvalue weighted by atomic mass is 32.2. The number of hydrogen-bond donors (Lipinski definition) is 1. The molecule has 2 heterocycles. The number of thioether (sulfide) groups is 1. The Morgan fingerprint density at radius 3 is 2.52 bits per heavy atom. The second kappa shape index (κ2) is 7.65. The molecule has 25 heavy (non-hydrogen) atoms. The predicted molar refractivity (Wildman–Crippen MR) is 95.5 cm³/mol. The molecule has 0 saturated carbocycles. The summed E-state index contributed by atoms with van der Waals surface area (Å²) in [6.45, 7) is 6.40. The lowest BCUT2D eigenvalue weighted by atomic mass is 10.0. The number of ether oxygens (including phenoxy) is 1. The van der Waals surface area contributed by atoms with E-state index in [1.807, 2.05) is 6.26 Å². The standard InChI is InChI=1S/C18H20N2O4S/c1-9-14(11(3)21)10(2)20-15(9)16(22)12(4)24-18(23)13-7-6-8-19-17(13)25-5/h6-8,12,20H,1-5H3. The van der Waals surface area contributed by atoms with Crippen LogP contribution >= 0.6 is 11.8 Å². The van der Waals surface area contributed by atoms with Crippen molar-refractivity contribution in [3.05, 3.63) is 46.4 Å². The molecule has 0 radical (unpaired) electrons. The van der Waals surface area contributed by atoms with Gasteiger partial charge in [0.25, 0.3) is 0 Å². The highest BCUT2D eigenvalue weighted by Gasteiger charge is 2.27. The number of ketones is 2. The van der Waals surface area contributed by atoms with Crippen molar-refractivity contribution in [2.24, 2.45) is 0 Å². The van der Waals surface area contributed by atoms with Crippen LogP contribution in [0.25, 0.3) is 0 Å². The van der Waals surface area contributed by atoms with Crippen LogP contribution in [0.15, 0.2) is 23.4 Å². The van der Waals surface area contributed by atoms with Gasteiger partial charge in [-0.25, -0.2) is 9.78 Å². The van der Waals surface area contributed by atoms with Crippen molar-refractivity contribution in [1.29, 1.82) is 0 Å². The van der Waals surface area contributed by atoms with Gasteiger partial charge in [0.15, 0.2) is 11.9 Å². The first-order valence-electron chi connectivity index (χ1n) is 7.72. The molecule has 0 aliphatic heterocycles. The molecule has 0 bridgehead atoms. The summed E-state index contributed by atoms with van der Waals surface area (Å²) in [5.41, 5.74) is 2.31. The molecule has 7 heteroatoms. The monoisotopic (exact) mass is 360 g/mol. The molecule has 132 valence electrons. The Bertz CT molecular complexity index is 842. The fraction of sp³-hybridized carbons (Fsp3) is 0.333. The van der Waals surface area contributed by atoms with Crippen molar-refractivity contribution in [3.63, 3.8) is 0 Å². The lowest BCUT2D eigenvalue weighted by molar-refractivity contribution is 0.0312. The minimum absolute atomic E-state index is 0.116. The van der Waals surface area contributed by atoms with Gasteiger partial charge >= 0.3 is 5.97 Å². The highest BCUT2D eigenvalue weighted by molar-refractivity contribution is 7.98. The summed E-state index contributed by atoms with van der Waals surface area (Å²) in [5, 5.41) is 0.540. The maximum atomic E-state index is 12.6. The second-order valence-corrected chi connectivity index (χ2v) is 6.45. The van der Waals surface area contributed by atoms with Crippen LogP contribution in [-0.4, -0.2) is 39.9 Å². The molecule has 0 aliphatic rings. The minimum atomic E-state index is -0.987. The third kappa shape index (κ3) is 3.82. The van der Waals surface area contributed by atoms with Crippen molar-refractivity contribution in [1.82, 2.24) is 9.97 Å². The van der Waals surface area contributed by atoms with Gasteiger partial charge < -0.3 is 9.72 Å². The number of carbonyl (C=O) groups excluding carboxylic acids is 3. The molecular formula is C18H20N2O4S. The summed E-state index contributed by atoms with van der Waals surface area (Å²) < 4.78 is 5.31. The van der Waals surface area contributed by atoms with Gasteiger partial charge in [-0.1, -0.05) is 0 Å². The van der Waals surface area contributed by atoms with Gasteiger partial charge in [-0.3, -0.25) is 9.59 Å². The van der Waals surface area contributed by atoms with E-state index in [-0.39, 0.29) is 11.6 Å². The van der Waals surface area contributed by atoms with Crippen LogP contribution in [0, 0.1) is 13.8 Å². The minimum Gasteiger partial charge on any atom is -0.451 e. The summed E-state index contributed by atoms with van der Waals surface area (Å²) in [4.78, 5) is 43.7. The van der Waals surface area contributed by atoms with Crippen LogP contribution in [0.3, 0.4) is 0 Å². The lowest BCUT2D eigenvalue weighted by Gasteiger charge is -2.13. The Morgan fingerprint density at radius 1 is 1.28 bits per heavy atom. The van der Waals surface area contributed by atoms with E-state index >= 15 is 0 Å². The SMILES string of the molecule is CSc1ncccc1C(=O)OC(C)C(=O)c1[nH]c(C)c(C(C)=O)c1C. The normalized spacial score (nSPS) is 11.9. The van der Waals surface area contributed by atoms with Gasteiger partial charge in [-0.2, -0.15) is 0 Å². The number of rotatable bonds is 6. The van der Waals surface area contributed by atoms with Crippen molar-refractivity contribution in [3.8, 4) is 0 Å². The number of Topliss-reactive ketones (excluding diaryl/α,β-unsaturated/α-hetero) is 2. The Labute approximate surface area is 150 Å². The van der Waals surface area contributed by atoms with E-state index in [0.29, 0.717) is 33.1 Å². The topological polar surface area (TPSA) is 89.1 Å². The largest absolute Gasteiger partial charge is 0.451 e. The van der Waals surface area contributed by atoms with E-state index in [1.165, 1.54) is 25.6 Å². The summed E-state index contributed by atoms with van der Waals surface area (Å²) in [6, 6.07) is 3.25. The molecule has 0 fully saturated rings. The van der Waals surface area contributed by atoms with Gasteiger partial charge in [0, 0.05) is 17.5 Å². The molecule has 0 saturated heterocycles. The van der Waals surface area contributed by atoms with Gasteiger partial charge in [0.1, 0.15) is 5.03 Å². The number of pyridine rings is 1. The van der Waals surface area contributed by atoms with Crippen LogP contribution in [0.2, 0.25) is 0 Å². The average Bonchev–Trinajstić information content (AvgIpc) is 2.88. The molecule has 0 aliphatic carbocycles. The van der Waals surface area contributed by atoms with Crippen LogP contribution < -0.4 is 0 Å². The van der Waals surface area contributed by atoms with Crippen LogP contribution in [-0.2, 0) is 4.74 Å². The first kappa shape index (κ1) is 18.9. The van der Waals surface area contributed by atoms with Crippen LogP contribution in [0.4, 0.5) is 0 Å². The zero-order valence-electron chi connectivity index (χ0n) is 14.8. The summed E-state index contributed by atoms with van der Waals surface area (Å²) in [6.07, 6.45) is 2.41. The van der Waals surface area contributed by atoms with Crippen molar-refractivity contribution >= 4 is 29.3 Å². The molecular weight excluding hydrogens is 340 g/mol. The van der Waals surface area contributed by atoms with Crippen LogP contribution in [0.1, 0.15) is 56.3 Å². The fourth-order valence-electron chi connectivity index (χ4n) is 2.71. The van der Waals surface area contributed by atoms with Crippen molar-refractivity contribution in [2.45, 2.75) is 38.8 Å². The first-order valence-corrected chi connectivity index (χ1v) is 8.94. The molecule has 2 rings (SSSR count). The van der Waals surface area contributed by atoms with E-state index in [4.69, 9.17) is 4.74 Å². The first-order chi connectivity index (χ1) is 11.8. The number of carbonyl (C=O) groups is 3. The van der Waals surface area contributed by atoms with E-state index in [0.717, 1.165) is 0 Å². The number of esters is 1. The molecule has 2 aromatic rings. The van der Waals surface area contributed by atoms with E-state index in [2.05, 4.69) is 9.97 Å². The summed E-state index contributed by atoms with van der Waals surface area (Å²) >= 11 is 1.33. The molecule has 1 N–H and O–H groups in total. The number of H-pyrrole nitrogens is 1. The molecule has 6 nitrogen and oxygen atoms in total. The van der Waals surface area contributed by atoms with Gasteiger partial charge in [-0.05, 0) is 51.6 Å². The average molecular weight is 360 g/mol. The Kier molecular flexibility index (Phi) is 5.79. The number of nitrogens with zero attached hydrogens (tertiary/aromatic N) is 1. The molecule has 0 aromatic carbocycles. The maximum Gasteiger partial charge on any atom is 0.341 e. The third-order valence-corrected chi connectivity index (χ3v) is 4.59. The summed E-state index contributed by atoms with van der Waals surface area (Å²) in [5.74, 6) is -1.10. The smallest absolute Gasteiger partial charge is 0.341 e.